The third kappa shape index (κ3) is 4.91. The second kappa shape index (κ2) is 7.87. The maximum Gasteiger partial charge on any atom is 0.240 e. The average molecular weight is 352 g/mol. The first-order valence-electron chi connectivity index (χ1n) is 6.69. The van der Waals surface area contributed by atoms with Gasteiger partial charge in [0.1, 0.15) is 5.82 Å². The van der Waals surface area contributed by atoms with Crippen LogP contribution in [0.2, 0.25) is 0 Å². The first-order valence-corrected chi connectivity index (χ1v) is 8.17. The van der Waals surface area contributed by atoms with Gasteiger partial charge in [-0.3, -0.25) is 4.79 Å². The van der Waals surface area contributed by atoms with Crippen LogP contribution in [0.5, 0.6) is 0 Å². The second-order valence-corrected chi connectivity index (χ2v) is 6.68. The minimum Gasteiger partial charge on any atom is -0.324 e. The van der Waals surface area contributed by atoms with Gasteiger partial charge in [-0.05, 0) is 44.1 Å². The topological polar surface area (TPSA) is 87.3 Å². The van der Waals surface area contributed by atoms with Crippen molar-refractivity contribution in [1.29, 1.82) is 0 Å². The molecule has 0 unspecified atom stereocenters. The maximum absolute atomic E-state index is 13.5. The molecule has 0 saturated carbocycles. The van der Waals surface area contributed by atoms with Gasteiger partial charge < -0.3 is 10.6 Å². The van der Waals surface area contributed by atoms with Gasteiger partial charge in [-0.2, -0.15) is 0 Å². The van der Waals surface area contributed by atoms with E-state index in [0.29, 0.717) is 12.8 Å². The molecule has 3 N–H and O–H groups in total. The molecule has 0 spiro atoms. The molecule has 1 fully saturated rings. The van der Waals surface area contributed by atoms with Crippen molar-refractivity contribution in [3.05, 3.63) is 24.0 Å². The lowest BCUT2D eigenvalue weighted by molar-refractivity contribution is -0.114. The van der Waals surface area contributed by atoms with Gasteiger partial charge in [-0.15, -0.1) is 12.4 Å². The molecule has 0 radical (unpaired) electrons. The van der Waals surface area contributed by atoms with Crippen LogP contribution < -0.4 is 15.4 Å². The number of benzene rings is 1. The fourth-order valence-electron chi connectivity index (χ4n) is 2.18. The Hall–Kier alpha value is -1.22. The van der Waals surface area contributed by atoms with Gasteiger partial charge in [-0.1, -0.05) is 0 Å². The number of piperidine rings is 1. The zero-order valence-electron chi connectivity index (χ0n) is 12.1. The summed E-state index contributed by atoms with van der Waals surface area (Å²) in [5, 5.41) is 5.42. The molecular weight excluding hydrogens is 333 g/mol. The van der Waals surface area contributed by atoms with Crippen molar-refractivity contribution in [2.75, 3.05) is 18.4 Å². The fourth-order valence-corrected chi connectivity index (χ4v) is 3.52. The summed E-state index contributed by atoms with van der Waals surface area (Å²) < 4.78 is 40.7. The quantitative estimate of drug-likeness (QED) is 0.761. The second-order valence-electron chi connectivity index (χ2n) is 4.97. The van der Waals surface area contributed by atoms with E-state index in [4.69, 9.17) is 0 Å². The summed E-state index contributed by atoms with van der Waals surface area (Å²) >= 11 is 0. The normalized spacial score (nSPS) is 15.9. The lowest BCUT2D eigenvalue weighted by Gasteiger charge is -2.23. The largest absolute Gasteiger partial charge is 0.324 e. The Morgan fingerprint density at radius 3 is 2.55 bits per heavy atom. The molecule has 9 heteroatoms. The number of carbonyl (C=O) groups excluding carboxylic acids is 1. The zero-order chi connectivity index (χ0) is 15.5. The van der Waals surface area contributed by atoms with Gasteiger partial charge in [-0.25, -0.2) is 17.5 Å². The summed E-state index contributed by atoms with van der Waals surface area (Å²) in [5.41, 5.74) is -0.143. The summed E-state index contributed by atoms with van der Waals surface area (Å²) in [4.78, 5) is 10.9. The molecule has 124 valence electrons. The molecule has 22 heavy (non-hydrogen) atoms. The number of amides is 1. The van der Waals surface area contributed by atoms with Crippen LogP contribution >= 0.6 is 12.4 Å². The number of rotatable bonds is 4. The van der Waals surface area contributed by atoms with E-state index in [0.717, 1.165) is 25.2 Å². The molecule has 0 aliphatic carbocycles. The molecule has 1 aliphatic rings. The number of hydrogen-bond acceptors (Lipinski definition) is 4. The van der Waals surface area contributed by atoms with Crippen LogP contribution in [0, 0.1) is 5.82 Å². The van der Waals surface area contributed by atoms with Crippen molar-refractivity contribution in [3.63, 3.8) is 0 Å². The minimum absolute atomic E-state index is 0. The number of nitrogens with one attached hydrogen (secondary N) is 3. The predicted octanol–water partition coefficient (Wildman–Crippen LogP) is 1.24. The molecule has 1 amide bonds. The molecule has 1 aliphatic heterocycles. The number of carbonyl (C=O) groups is 1. The summed E-state index contributed by atoms with van der Waals surface area (Å²) in [7, 11) is -3.73. The Bertz CT molecular complexity index is 633. The molecule has 2 rings (SSSR count). The number of anilines is 1. The van der Waals surface area contributed by atoms with Crippen LogP contribution in [-0.2, 0) is 14.8 Å². The highest BCUT2D eigenvalue weighted by Gasteiger charge is 2.22. The third-order valence-corrected chi connectivity index (χ3v) is 4.74. The Kier molecular flexibility index (Phi) is 6.73. The van der Waals surface area contributed by atoms with E-state index in [1.807, 2.05) is 0 Å². The Balaban J connectivity index is 0.00000242. The SMILES string of the molecule is CC(=O)Nc1cc(S(=O)(=O)NC2CCNCC2)ccc1F.Cl. The molecule has 1 aromatic carbocycles. The van der Waals surface area contributed by atoms with E-state index in [1.165, 1.54) is 13.0 Å². The highest BCUT2D eigenvalue weighted by Crippen LogP contribution is 2.20. The van der Waals surface area contributed by atoms with Crippen LogP contribution in [0.15, 0.2) is 23.1 Å². The Labute approximate surface area is 135 Å². The highest BCUT2D eigenvalue weighted by atomic mass is 35.5. The first kappa shape index (κ1) is 18.8. The highest BCUT2D eigenvalue weighted by molar-refractivity contribution is 7.89. The first-order chi connectivity index (χ1) is 9.88. The summed E-state index contributed by atoms with van der Waals surface area (Å²) in [6.07, 6.45) is 1.41. The van der Waals surface area contributed by atoms with Gasteiger partial charge in [0.05, 0.1) is 10.6 Å². The van der Waals surface area contributed by atoms with E-state index < -0.39 is 21.7 Å². The van der Waals surface area contributed by atoms with Crippen LogP contribution in [-0.4, -0.2) is 33.5 Å². The lowest BCUT2D eigenvalue weighted by Crippen LogP contribution is -2.42. The molecule has 1 heterocycles. The maximum atomic E-state index is 13.5. The van der Waals surface area contributed by atoms with Crippen molar-refractivity contribution in [1.82, 2.24) is 10.0 Å². The van der Waals surface area contributed by atoms with Gasteiger partial charge in [0.25, 0.3) is 0 Å². The number of hydrogen-bond donors (Lipinski definition) is 3. The molecule has 0 bridgehead atoms. The monoisotopic (exact) mass is 351 g/mol. The fraction of sp³-hybridized carbons (Fsp3) is 0.462. The number of sulfonamides is 1. The number of halogens is 2. The zero-order valence-corrected chi connectivity index (χ0v) is 13.7. The minimum atomic E-state index is -3.73. The van der Waals surface area contributed by atoms with Gasteiger partial charge in [0.15, 0.2) is 0 Å². The summed E-state index contributed by atoms with van der Waals surface area (Å²) in [5.74, 6) is -1.14. The predicted molar refractivity (Wildman–Crippen MR) is 84.2 cm³/mol. The molecule has 1 saturated heterocycles. The molecule has 1 aromatic rings. The summed E-state index contributed by atoms with van der Waals surface area (Å²) in [6.45, 7) is 2.75. The summed E-state index contributed by atoms with van der Waals surface area (Å²) in [6, 6.07) is 3.21. The lowest BCUT2D eigenvalue weighted by atomic mass is 10.1. The van der Waals surface area contributed by atoms with Crippen LogP contribution in [0.3, 0.4) is 0 Å². The molecular formula is C13H19ClFN3O3S. The van der Waals surface area contributed by atoms with Gasteiger partial charge >= 0.3 is 0 Å². The van der Waals surface area contributed by atoms with E-state index in [2.05, 4.69) is 15.4 Å². The Morgan fingerprint density at radius 1 is 1.32 bits per heavy atom. The standard InChI is InChI=1S/C13H18FN3O3S.ClH/c1-9(18)16-13-8-11(2-3-12(13)14)21(19,20)17-10-4-6-15-7-5-10;/h2-3,8,10,15,17H,4-7H2,1H3,(H,16,18);1H. The molecule has 0 atom stereocenters. The third-order valence-electron chi connectivity index (χ3n) is 3.22. The van der Waals surface area contributed by atoms with Crippen LogP contribution in [0.25, 0.3) is 0 Å². The molecule has 0 aromatic heterocycles. The van der Waals surface area contributed by atoms with E-state index in [9.17, 15) is 17.6 Å². The van der Waals surface area contributed by atoms with Crippen molar-refractivity contribution in [2.45, 2.75) is 30.7 Å². The van der Waals surface area contributed by atoms with E-state index in [-0.39, 0.29) is 29.0 Å². The van der Waals surface area contributed by atoms with Gasteiger partial charge in [0.2, 0.25) is 15.9 Å². The molecule has 6 nitrogen and oxygen atoms in total. The van der Waals surface area contributed by atoms with Gasteiger partial charge in [0, 0.05) is 13.0 Å². The Morgan fingerprint density at radius 2 is 1.95 bits per heavy atom. The van der Waals surface area contributed by atoms with Crippen LogP contribution in [0.4, 0.5) is 10.1 Å². The smallest absolute Gasteiger partial charge is 0.240 e. The van der Waals surface area contributed by atoms with Crippen molar-refractivity contribution in [2.24, 2.45) is 0 Å². The average Bonchev–Trinajstić information content (AvgIpc) is 2.41. The van der Waals surface area contributed by atoms with Crippen molar-refractivity contribution in [3.8, 4) is 0 Å². The van der Waals surface area contributed by atoms with E-state index >= 15 is 0 Å². The van der Waals surface area contributed by atoms with Crippen molar-refractivity contribution >= 4 is 34.0 Å². The van der Waals surface area contributed by atoms with Crippen molar-refractivity contribution < 1.29 is 17.6 Å². The van der Waals surface area contributed by atoms with E-state index in [1.54, 1.807) is 0 Å². The van der Waals surface area contributed by atoms with Crippen LogP contribution in [0.1, 0.15) is 19.8 Å².